The van der Waals surface area contributed by atoms with Crippen molar-refractivity contribution in [2.45, 2.75) is 31.5 Å². The highest BCUT2D eigenvalue weighted by molar-refractivity contribution is 7.78. The number of likely N-dealkylation sites (N-methyl/N-ethyl adjacent to an activating group) is 1. The Kier molecular flexibility index (Phi) is 5.56. The van der Waals surface area contributed by atoms with E-state index in [2.05, 4.69) is 27.3 Å². The Bertz CT molecular complexity index is 570. The summed E-state index contributed by atoms with van der Waals surface area (Å²) in [6.45, 7) is 1.34. The van der Waals surface area contributed by atoms with E-state index in [0.29, 0.717) is 6.61 Å². The quantitative estimate of drug-likeness (QED) is 0.608. The second kappa shape index (κ2) is 7.22. The molecule has 0 unspecified atom stereocenters. The molecule has 22 heavy (non-hydrogen) atoms. The van der Waals surface area contributed by atoms with Crippen molar-refractivity contribution in [3.63, 3.8) is 0 Å². The lowest BCUT2D eigenvalue weighted by atomic mass is 10.0. The van der Waals surface area contributed by atoms with Gasteiger partial charge in [0.1, 0.15) is 12.4 Å². The minimum Gasteiger partial charge on any atom is -0.492 e. The van der Waals surface area contributed by atoms with Gasteiger partial charge >= 0.3 is 6.18 Å². The first-order valence-electron chi connectivity index (χ1n) is 7.03. The lowest BCUT2D eigenvalue weighted by Crippen LogP contribution is -2.40. The van der Waals surface area contributed by atoms with Gasteiger partial charge in [-0.15, -0.1) is 0 Å². The summed E-state index contributed by atoms with van der Waals surface area (Å²) in [6, 6.07) is 3.59. The first kappa shape index (κ1) is 16.9. The zero-order valence-electron chi connectivity index (χ0n) is 12.2. The van der Waals surface area contributed by atoms with Crippen molar-refractivity contribution in [1.29, 1.82) is 0 Å². The number of alkyl halides is 3. The predicted molar refractivity (Wildman–Crippen MR) is 81.9 cm³/mol. The van der Waals surface area contributed by atoms with E-state index in [1.807, 2.05) is 7.05 Å². The van der Waals surface area contributed by atoms with E-state index in [1.54, 1.807) is 0 Å². The number of piperidine rings is 1. The Balaban J connectivity index is 2.15. The third kappa shape index (κ3) is 4.53. The number of aliphatic imine (C=N–C) groups is 1. The van der Waals surface area contributed by atoms with E-state index >= 15 is 0 Å². The molecule has 0 aliphatic carbocycles. The van der Waals surface area contributed by atoms with E-state index in [4.69, 9.17) is 4.74 Å². The SMILES string of the molecule is CN1CCCC[C@@H]1COc1cc(N=C=S)cc(C(F)(F)F)c1. The minimum atomic E-state index is -4.45. The highest BCUT2D eigenvalue weighted by Gasteiger charge is 2.31. The van der Waals surface area contributed by atoms with Gasteiger partial charge in [0.2, 0.25) is 0 Å². The molecule has 1 atom stereocenters. The molecule has 120 valence electrons. The Morgan fingerprint density at radius 1 is 1.36 bits per heavy atom. The maximum Gasteiger partial charge on any atom is 0.416 e. The Morgan fingerprint density at radius 3 is 2.77 bits per heavy atom. The molecule has 3 nitrogen and oxygen atoms in total. The molecule has 1 aliphatic heterocycles. The van der Waals surface area contributed by atoms with Gasteiger partial charge in [0.15, 0.2) is 0 Å². The average molecular weight is 330 g/mol. The second-order valence-corrected chi connectivity index (χ2v) is 5.54. The molecule has 1 fully saturated rings. The molecular formula is C15H17F3N2OS. The summed E-state index contributed by atoms with van der Waals surface area (Å²) in [5.74, 6) is 0.151. The summed E-state index contributed by atoms with van der Waals surface area (Å²) in [5.41, 5.74) is -0.706. The third-order valence-corrected chi connectivity index (χ3v) is 3.85. The van der Waals surface area contributed by atoms with Crippen LogP contribution >= 0.6 is 12.2 Å². The summed E-state index contributed by atoms with van der Waals surface area (Å²) < 4.78 is 44.3. The third-order valence-electron chi connectivity index (χ3n) is 3.76. The Morgan fingerprint density at radius 2 is 2.14 bits per heavy atom. The van der Waals surface area contributed by atoms with Crippen LogP contribution in [0, 0.1) is 0 Å². The number of hydrogen-bond donors (Lipinski definition) is 0. The normalized spacial score (nSPS) is 19.5. The molecule has 0 N–H and O–H groups in total. The highest BCUT2D eigenvalue weighted by atomic mass is 32.1. The fraction of sp³-hybridized carbons (Fsp3) is 0.533. The van der Waals surface area contributed by atoms with Gasteiger partial charge in [-0.25, -0.2) is 0 Å². The highest BCUT2D eigenvalue weighted by Crippen LogP contribution is 2.35. The van der Waals surface area contributed by atoms with Crippen LogP contribution in [-0.4, -0.2) is 36.3 Å². The summed E-state index contributed by atoms with van der Waals surface area (Å²) in [5, 5.41) is 2.08. The number of thiocarbonyl (C=S) groups is 1. The summed E-state index contributed by atoms with van der Waals surface area (Å²) in [4.78, 5) is 5.80. The van der Waals surface area contributed by atoms with Crippen molar-refractivity contribution in [2.75, 3.05) is 20.2 Å². The average Bonchev–Trinajstić information content (AvgIpc) is 2.46. The molecule has 2 rings (SSSR count). The van der Waals surface area contributed by atoms with Gasteiger partial charge in [-0.1, -0.05) is 6.42 Å². The topological polar surface area (TPSA) is 24.8 Å². The van der Waals surface area contributed by atoms with E-state index < -0.39 is 11.7 Å². The fourth-order valence-electron chi connectivity index (χ4n) is 2.49. The van der Waals surface area contributed by atoms with Crippen LogP contribution in [0.15, 0.2) is 23.2 Å². The molecule has 1 aliphatic rings. The zero-order chi connectivity index (χ0) is 16.2. The molecule has 0 spiro atoms. The van der Waals surface area contributed by atoms with Crippen LogP contribution in [0.5, 0.6) is 5.75 Å². The zero-order valence-corrected chi connectivity index (χ0v) is 13.0. The van der Waals surface area contributed by atoms with Crippen LogP contribution in [0.25, 0.3) is 0 Å². The van der Waals surface area contributed by atoms with Crippen LogP contribution in [-0.2, 0) is 6.18 Å². The van der Waals surface area contributed by atoms with Crippen molar-refractivity contribution in [1.82, 2.24) is 4.90 Å². The summed E-state index contributed by atoms with van der Waals surface area (Å²) >= 11 is 4.45. The van der Waals surface area contributed by atoms with Crippen LogP contribution < -0.4 is 4.74 Å². The van der Waals surface area contributed by atoms with Gasteiger partial charge in [0.05, 0.1) is 16.4 Å². The number of halogens is 3. The van der Waals surface area contributed by atoms with Crippen molar-refractivity contribution >= 4 is 23.1 Å². The van der Waals surface area contributed by atoms with Crippen LogP contribution in [0.4, 0.5) is 18.9 Å². The lowest BCUT2D eigenvalue weighted by molar-refractivity contribution is -0.137. The number of likely N-dealkylation sites (tertiary alicyclic amines) is 1. The maximum atomic E-state index is 12.9. The monoisotopic (exact) mass is 330 g/mol. The van der Waals surface area contributed by atoms with Crippen molar-refractivity contribution in [3.8, 4) is 5.75 Å². The van der Waals surface area contributed by atoms with Gasteiger partial charge < -0.3 is 9.64 Å². The fourth-order valence-corrected chi connectivity index (χ4v) is 2.60. The Labute approximate surface area is 132 Å². The number of isothiocyanates is 1. The maximum absolute atomic E-state index is 12.9. The molecule has 0 radical (unpaired) electrons. The molecule has 1 aromatic rings. The van der Waals surface area contributed by atoms with Gasteiger partial charge in [0, 0.05) is 12.1 Å². The molecule has 7 heteroatoms. The van der Waals surface area contributed by atoms with Crippen LogP contribution in [0.1, 0.15) is 24.8 Å². The largest absolute Gasteiger partial charge is 0.492 e. The van der Waals surface area contributed by atoms with Gasteiger partial charge in [-0.3, -0.25) is 0 Å². The smallest absolute Gasteiger partial charge is 0.416 e. The first-order chi connectivity index (χ1) is 10.4. The lowest BCUT2D eigenvalue weighted by Gasteiger charge is -2.32. The van der Waals surface area contributed by atoms with E-state index in [1.165, 1.54) is 6.07 Å². The molecule has 1 heterocycles. The van der Waals surface area contributed by atoms with Crippen LogP contribution in [0.3, 0.4) is 0 Å². The number of nitrogens with zero attached hydrogens (tertiary/aromatic N) is 2. The van der Waals surface area contributed by atoms with Crippen molar-refractivity contribution < 1.29 is 17.9 Å². The summed E-state index contributed by atoms with van der Waals surface area (Å²) in [7, 11) is 2.00. The predicted octanol–water partition coefficient (Wildman–Crippen LogP) is 4.30. The molecule has 1 aromatic carbocycles. The minimum absolute atomic E-state index is 0.0943. The van der Waals surface area contributed by atoms with Crippen LogP contribution in [0.2, 0.25) is 0 Å². The molecular weight excluding hydrogens is 313 g/mol. The van der Waals surface area contributed by atoms with Crippen molar-refractivity contribution in [3.05, 3.63) is 23.8 Å². The van der Waals surface area contributed by atoms with Crippen molar-refractivity contribution in [2.24, 2.45) is 4.99 Å². The molecule has 0 amide bonds. The first-order valence-corrected chi connectivity index (χ1v) is 7.44. The number of hydrogen-bond acceptors (Lipinski definition) is 4. The number of rotatable bonds is 4. The Hall–Kier alpha value is -1.43. The molecule has 1 saturated heterocycles. The molecule has 0 aromatic heterocycles. The summed E-state index contributed by atoms with van der Waals surface area (Å²) in [6.07, 6.45) is -1.21. The van der Waals surface area contributed by atoms with Gasteiger partial charge in [-0.05, 0) is 50.8 Å². The van der Waals surface area contributed by atoms with Gasteiger partial charge in [-0.2, -0.15) is 18.2 Å². The number of benzene rings is 1. The standard InChI is InChI=1S/C15H17F3N2OS/c1-20-5-3-2-4-13(20)9-21-14-7-11(15(16,17)18)6-12(8-14)19-10-22/h6-8,13H,2-5,9H2,1H3/t13-/m1/s1. The number of ether oxygens (including phenoxy) is 1. The van der Waals surface area contributed by atoms with E-state index in [9.17, 15) is 13.2 Å². The molecule has 0 bridgehead atoms. The second-order valence-electron chi connectivity index (χ2n) is 5.36. The van der Waals surface area contributed by atoms with Gasteiger partial charge in [0.25, 0.3) is 0 Å². The molecule has 0 saturated carbocycles. The van der Waals surface area contributed by atoms with E-state index in [0.717, 1.165) is 37.9 Å². The van der Waals surface area contributed by atoms with E-state index in [-0.39, 0.29) is 17.5 Å².